The van der Waals surface area contributed by atoms with E-state index in [0.29, 0.717) is 5.69 Å². The number of rotatable bonds is 12. The van der Waals surface area contributed by atoms with Crippen molar-refractivity contribution in [2.24, 2.45) is 0 Å². The highest BCUT2D eigenvalue weighted by atomic mass is 32.2. The molecule has 40 heavy (non-hydrogen) atoms. The molecule has 7 nitrogen and oxygen atoms in total. The van der Waals surface area contributed by atoms with Crippen LogP contribution in [0.25, 0.3) is 0 Å². The maximum Gasteiger partial charge on any atom is 0.264 e. The van der Waals surface area contributed by atoms with Crippen molar-refractivity contribution in [2.45, 2.75) is 69.5 Å². The smallest absolute Gasteiger partial charge is 0.264 e. The summed E-state index contributed by atoms with van der Waals surface area (Å²) in [7, 11) is -4.09. The Hall–Kier alpha value is -3.30. The van der Waals surface area contributed by atoms with Gasteiger partial charge in [0.05, 0.1) is 10.6 Å². The predicted molar refractivity (Wildman–Crippen MR) is 163 cm³/mol. The Morgan fingerprint density at radius 1 is 0.925 bits per heavy atom. The molecule has 3 aromatic carbocycles. The lowest BCUT2D eigenvalue weighted by Crippen LogP contribution is -2.52. The van der Waals surface area contributed by atoms with Crippen molar-refractivity contribution in [1.82, 2.24) is 10.2 Å². The summed E-state index contributed by atoms with van der Waals surface area (Å²) in [5, 5.41) is 2.96. The van der Waals surface area contributed by atoms with Crippen LogP contribution in [0.15, 0.2) is 82.6 Å². The molecule has 0 aromatic heterocycles. The zero-order valence-electron chi connectivity index (χ0n) is 24.0. The molecule has 1 N–H and O–H groups in total. The molecule has 0 aliphatic carbocycles. The largest absolute Gasteiger partial charge is 0.352 e. The molecule has 9 heteroatoms. The Kier molecular flexibility index (Phi) is 10.8. The molecule has 2 amide bonds. The van der Waals surface area contributed by atoms with Crippen molar-refractivity contribution < 1.29 is 18.0 Å². The number of thioether (sulfide) groups is 1. The molecular formula is C31H39N3O4S2. The molecule has 0 fully saturated rings. The van der Waals surface area contributed by atoms with Gasteiger partial charge in [0.2, 0.25) is 11.8 Å². The van der Waals surface area contributed by atoms with Gasteiger partial charge in [0.1, 0.15) is 12.6 Å². The van der Waals surface area contributed by atoms with Gasteiger partial charge in [-0.15, -0.1) is 11.8 Å². The second-order valence-electron chi connectivity index (χ2n) is 9.96. The van der Waals surface area contributed by atoms with E-state index in [1.54, 1.807) is 43.3 Å². The summed E-state index contributed by atoms with van der Waals surface area (Å²) in [6, 6.07) is 20.4. The fourth-order valence-corrected chi connectivity index (χ4v) is 5.96. The summed E-state index contributed by atoms with van der Waals surface area (Å²) < 4.78 is 29.0. The number of sulfonamides is 1. The van der Waals surface area contributed by atoms with Gasteiger partial charge < -0.3 is 10.2 Å². The number of aryl methyl sites for hydroxylation is 2. The second kappa shape index (κ2) is 13.9. The third-order valence-electron chi connectivity index (χ3n) is 7.02. The molecule has 0 aliphatic rings. The number of amides is 2. The molecule has 214 valence electrons. The first kappa shape index (κ1) is 31.2. The Balaban J connectivity index is 2.03. The molecule has 0 heterocycles. The maximum atomic E-state index is 14.0. The van der Waals surface area contributed by atoms with Crippen LogP contribution in [0.1, 0.15) is 43.9 Å². The topological polar surface area (TPSA) is 86.8 Å². The van der Waals surface area contributed by atoms with Crippen LogP contribution < -0.4 is 9.62 Å². The van der Waals surface area contributed by atoms with Crippen LogP contribution in [0.3, 0.4) is 0 Å². The first-order valence-corrected chi connectivity index (χ1v) is 16.0. The predicted octanol–water partition coefficient (Wildman–Crippen LogP) is 5.55. The average molecular weight is 582 g/mol. The molecule has 0 unspecified atom stereocenters. The molecular weight excluding hydrogens is 542 g/mol. The quantitative estimate of drug-likeness (QED) is 0.283. The number of nitrogens with zero attached hydrogens (tertiary/aromatic N) is 2. The molecule has 0 spiro atoms. The van der Waals surface area contributed by atoms with Crippen LogP contribution in [0.5, 0.6) is 0 Å². The van der Waals surface area contributed by atoms with Gasteiger partial charge in [-0.05, 0) is 87.9 Å². The Morgan fingerprint density at radius 3 is 2.12 bits per heavy atom. The number of benzene rings is 3. The van der Waals surface area contributed by atoms with E-state index in [1.165, 1.54) is 16.7 Å². The van der Waals surface area contributed by atoms with Crippen molar-refractivity contribution in [3.8, 4) is 0 Å². The summed E-state index contributed by atoms with van der Waals surface area (Å²) in [5.74, 6) is -0.756. The lowest BCUT2D eigenvalue weighted by atomic mass is 10.1. The molecule has 0 saturated heterocycles. The molecule has 3 aromatic rings. The summed E-state index contributed by atoms with van der Waals surface area (Å²) >= 11 is 1.52. The minimum Gasteiger partial charge on any atom is -0.352 e. The Labute approximate surface area is 243 Å². The van der Waals surface area contributed by atoms with Crippen LogP contribution in [0, 0.1) is 13.8 Å². The minimum atomic E-state index is -4.09. The summed E-state index contributed by atoms with van der Waals surface area (Å²) in [4.78, 5) is 29.7. The Bertz CT molecular complexity index is 1410. The number of hydrogen-bond donors (Lipinski definition) is 1. The van der Waals surface area contributed by atoms with Gasteiger partial charge in [-0.2, -0.15) is 0 Å². The standard InChI is InChI=1S/C31H39N3O4S2/c1-7-24(4)32-31(36)25(5)33(20-26-11-9-8-10-23(26)3)30(35)21-34(27-14-12-22(2)13-15-27)40(37,38)29-18-16-28(39-6)17-19-29/h8-19,24-25H,7,20-21H2,1-6H3,(H,32,36)/t24-,25+/m0/s1. The summed E-state index contributed by atoms with van der Waals surface area (Å²) in [5.41, 5.74) is 3.21. The van der Waals surface area contributed by atoms with Gasteiger partial charge in [0.25, 0.3) is 10.0 Å². The Morgan fingerprint density at radius 2 is 1.55 bits per heavy atom. The van der Waals surface area contributed by atoms with Gasteiger partial charge in [0, 0.05) is 17.5 Å². The average Bonchev–Trinajstić information content (AvgIpc) is 2.95. The first-order chi connectivity index (χ1) is 19.0. The molecule has 2 atom stereocenters. The van der Waals surface area contributed by atoms with Crippen molar-refractivity contribution >= 4 is 39.3 Å². The van der Waals surface area contributed by atoms with E-state index in [-0.39, 0.29) is 23.4 Å². The normalized spacial score (nSPS) is 12.8. The van der Waals surface area contributed by atoms with Gasteiger partial charge in [-0.1, -0.05) is 48.9 Å². The zero-order valence-corrected chi connectivity index (χ0v) is 25.7. The lowest BCUT2D eigenvalue weighted by Gasteiger charge is -2.32. The van der Waals surface area contributed by atoms with Crippen LogP contribution >= 0.6 is 11.8 Å². The zero-order chi connectivity index (χ0) is 29.4. The fourth-order valence-electron chi connectivity index (χ4n) is 4.13. The summed E-state index contributed by atoms with van der Waals surface area (Å²) in [6.45, 7) is 9.14. The number of carbonyl (C=O) groups is 2. The number of hydrogen-bond acceptors (Lipinski definition) is 5. The van der Waals surface area contributed by atoms with E-state index in [2.05, 4.69) is 5.32 Å². The van der Waals surface area contributed by atoms with Crippen LogP contribution in [-0.4, -0.2) is 50.0 Å². The van der Waals surface area contributed by atoms with Crippen LogP contribution in [-0.2, 0) is 26.2 Å². The fraction of sp³-hybridized carbons (Fsp3) is 0.355. The highest BCUT2D eigenvalue weighted by Crippen LogP contribution is 2.26. The highest BCUT2D eigenvalue weighted by Gasteiger charge is 2.33. The van der Waals surface area contributed by atoms with Gasteiger partial charge in [0.15, 0.2) is 0 Å². The van der Waals surface area contributed by atoms with Gasteiger partial charge in [-0.25, -0.2) is 8.42 Å². The highest BCUT2D eigenvalue weighted by molar-refractivity contribution is 7.98. The lowest BCUT2D eigenvalue weighted by molar-refractivity contribution is -0.139. The van der Waals surface area contributed by atoms with Crippen molar-refractivity contribution in [1.29, 1.82) is 0 Å². The first-order valence-electron chi connectivity index (χ1n) is 13.4. The van der Waals surface area contributed by atoms with Crippen molar-refractivity contribution in [2.75, 3.05) is 17.1 Å². The number of anilines is 1. The molecule has 3 rings (SSSR count). The number of carbonyl (C=O) groups excluding carboxylic acids is 2. The summed E-state index contributed by atoms with van der Waals surface area (Å²) in [6.07, 6.45) is 2.67. The van der Waals surface area contributed by atoms with Crippen LogP contribution in [0.4, 0.5) is 5.69 Å². The van der Waals surface area contributed by atoms with Crippen molar-refractivity contribution in [3.63, 3.8) is 0 Å². The van der Waals surface area contributed by atoms with Crippen LogP contribution in [0.2, 0.25) is 0 Å². The van der Waals surface area contributed by atoms with E-state index in [4.69, 9.17) is 0 Å². The molecule has 0 saturated carbocycles. The number of nitrogens with one attached hydrogen (secondary N) is 1. The van der Waals surface area contributed by atoms with E-state index in [9.17, 15) is 18.0 Å². The van der Waals surface area contributed by atoms with Crippen molar-refractivity contribution in [3.05, 3.63) is 89.5 Å². The SMILES string of the molecule is CC[C@H](C)NC(=O)[C@@H](C)N(Cc1ccccc1C)C(=O)CN(c1ccc(C)cc1)S(=O)(=O)c1ccc(SC)cc1. The van der Waals surface area contributed by atoms with E-state index < -0.39 is 28.5 Å². The minimum absolute atomic E-state index is 0.0564. The van der Waals surface area contributed by atoms with Gasteiger partial charge >= 0.3 is 0 Å². The van der Waals surface area contributed by atoms with E-state index in [0.717, 1.165) is 32.3 Å². The second-order valence-corrected chi connectivity index (χ2v) is 12.7. The third kappa shape index (κ3) is 7.67. The van der Waals surface area contributed by atoms with E-state index >= 15 is 0 Å². The maximum absolute atomic E-state index is 14.0. The molecule has 0 aliphatic heterocycles. The third-order valence-corrected chi connectivity index (χ3v) is 9.55. The molecule has 0 bridgehead atoms. The monoisotopic (exact) mass is 581 g/mol. The molecule has 0 radical (unpaired) electrons. The van der Waals surface area contributed by atoms with Gasteiger partial charge in [-0.3, -0.25) is 13.9 Å². The van der Waals surface area contributed by atoms with E-state index in [1.807, 2.05) is 70.3 Å².